The van der Waals surface area contributed by atoms with Crippen LogP contribution in [-0.4, -0.2) is 34.7 Å². The van der Waals surface area contributed by atoms with Crippen molar-refractivity contribution in [3.63, 3.8) is 0 Å². The lowest BCUT2D eigenvalue weighted by molar-refractivity contribution is -0.659. The topological polar surface area (TPSA) is 74.7 Å². The molecule has 1 heterocycles. The third kappa shape index (κ3) is 5.50. The van der Waals surface area contributed by atoms with Crippen molar-refractivity contribution in [2.24, 2.45) is 0 Å². The molecule has 2 rings (SSSR count). The number of nitrogens with one attached hydrogen (secondary N) is 1. The molecule has 0 radical (unpaired) electrons. The lowest BCUT2D eigenvalue weighted by Gasteiger charge is -2.10. The van der Waals surface area contributed by atoms with Crippen molar-refractivity contribution in [2.45, 2.75) is 12.3 Å². The van der Waals surface area contributed by atoms with Gasteiger partial charge in [-0.25, -0.2) is 9.97 Å². The number of nitrogens with two attached hydrogens (primary N) is 1. The maximum Gasteiger partial charge on any atom is 0.433 e. The number of hydrogen-bond acceptors (Lipinski definition) is 4. The van der Waals surface area contributed by atoms with Gasteiger partial charge in [0.15, 0.2) is 0 Å². The zero-order valence-electron chi connectivity index (χ0n) is 12.3. The lowest BCUT2D eigenvalue weighted by atomic mass is 10.1. The van der Waals surface area contributed by atoms with Crippen molar-refractivity contribution >= 4 is 5.95 Å². The largest absolute Gasteiger partial charge is 0.433 e. The Balaban J connectivity index is 1.72. The zero-order chi connectivity index (χ0) is 16.7. The summed E-state index contributed by atoms with van der Waals surface area (Å²) in [6, 6.07) is 10.1. The highest BCUT2D eigenvalue weighted by Crippen LogP contribution is 2.27. The standard InChI is InChI=1S/C15H17F3N4O/c16-15(17,18)13-6-7-20-14(22-13)21-9-8-19-10-12(23)11-4-2-1-3-5-11/h1-7,12,19,23H,8-10H2,(H,20,21,22)/p+1/t12-/m1/s1. The Bertz CT molecular complexity index is 607. The Morgan fingerprint density at radius 2 is 1.91 bits per heavy atom. The molecule has 1 aromatic carbocycles. The van der Waals surface area contributed by atoms with Crippen LogP contribution in [-0.2, 0) is 6.18 Å². The van der Waals surface area contributed by atoms with Gasteiger partial charge in [0.05, 0.1) is 13.1 Å². The van der Waals surface area contributed by atoms with Gasteiger partial charge in [0.25, 0.3) is 0 Å². The number of nitrogens with zero attached hydrogens (tertiary/aromatic N) is 2. The quantitative estimate of drug-likeness (QED) is 0.668. The highest BCUT2D eigenvalue weighted by molar-refractivity contribution is 5.25. The summed E-state index contributed by atoms with van der Waals surface area (Å²) in [7, 11) is 0. The van der Waals surface area contributed by atoms with E-state index in [0.29, 0.717) is 19.6 Å². The number of quaternary nitrogens is 1. The van der Waals surface area contributed by atoms with Crippen LogP contribution in [0.2, 0.25) is 0 Å². The molecule has 0 saturated carbocycles. The van der Waals surface area contributed by atoms with Crippen molar-refractivity contribution in [1.82, 2.24) is 9.97 Å². The van der Waals surface area contributed by atoms with Crippen LogP contribution in [0.5, 0.6) is 0 Å². The molecule has 0 spiro atoms. The van der Waals surface area contributed by atoms with Gasteiger partial charge >= 0.3 is 6.18 Å². The van der Waals surface area contributed by atoms with Gasteiger partial charge in [-0.1, -0.05) is 30.3 Å². The highest BCUT2D eigenvalue weighted by Gasteiger charge is 2.32. The zero-order valence-corrected chi connectivity index (χ0v) is 12.3. The number of anilines is 1. The molecule has 2 aromatic rings. The van der Waals surface area contributed by atoms with Gasteiger partial charge < -0.3 is 15.7 Å². The summed E-state index contributed by atoms with van der Waals surface area (Å²) in [5, 5.41) is 14.6. The van der Waals surface area contributed by atoms with Gasteiger partial charge in [0, 0.05) is 6.20 Å². The third-order valence-electron chi connectivity index (χ3n) is 3.15. The maximum atomic E-state index is 12.5. The van der Waals surface area contributed by atoms with Gasteiger partial charge in [-0.3, -0.25) is 0 Å². The number of halogens is 3. The smallest absolute Gasteiger partial charge is 0.382 e. The second-order valence-corrected chi connectivity index (χ2v) is 4.93. The molecule has 23 heavy (non-hydrogen) atoms. The number of aliphatic hydroxyl groups excluding tert-OH is 1. The fourth-order valence-corrected chi connectivity index (χ4v) is 1.97. The minimum atomic E-state index is -4.48. The maximum absolute atomic E-state index is 12.5. The molecule has 0 aliphatic heterocycles. The fraction of sp³-hybridized carbons (Fsp3) is 0.333. The second-order valence-electron chi connectivity index (χ2n) is 4.93. The molecule has 0 aliphatic carbocycles. The van der Waals surface area contributed by atoms with E-state index in [4.69, 9.17) is 0 Å². The normalized spacial score (nSPS) is 12.9. The summed E-state index contributed by atoms with van der Waals surface area (Å²) in [6.07, 6.45) is -3.99. The van der Waals surface area contributed by atoms with E-state index < -0.39 is 18.0 Å². The first-order valence-electron chi connectivity index (χ1n) is 7.15. The third-order valence-corrected chi connectivity index (χ3v) is 3.15. The Kier molecular flexibility index (Phi) is 5.89. The van der Waals surface area contributed by atoms with Crippen LogP contribution in [0, 0.1) is 0 Å². The van der Waals surface area contributed by atoms with E-state index in [1.54, 1.807) is 0 Å². The summed E-state index contributed by atoms with van der Waals surface area (Å²) in [6.45, 7) is 1.43. The number of rotatable bonds is 7. The predicted molar refractivity (Wildman–Crippen MR) is 78.6 cm³/mol. The molecule has 0 amide bonds. The first kappa shape index (κ1) is 17.2. The highest BCUT2D eigenvalue weighted by atomic mass is 19.4. The Hall–Kier alpha value is -2.19. The minimum Gasteiger partial charge on any atom is -0.382 e. The van der Waals surface area contributed by atoms with Crippen LogP contribution >= 0.6 is 0 Å². The van der Waals surface area contributed by atoms with Crippen LogP contribution in [0.3, 0.4) is 0 Å². The number of aliphatic hydroxyl groups is 1. The van der Waals surface area contributed by atoms with Crippen LogP contribution in [0.1, 0.15) is 17.4 Å². The lowest BCUT2D eigenvalue weighted by Crippen LogP contribution is -2.86. The Labute approximate surface area is 131 Å². The Morgan fingerprint density at radius 3 is 2.61 bits per heavy atom. The summed E-state index contributed by atoms with van der Waals surface area (Å²) < 4.78 is 37.5. The van der Waals surface area contributed by atoms with Gasteiger partial charge in [-0.2, -0.15) is 13.2 Å². The molecule has 5 nitrogen and oxygen atoms in total. The van der Waals surface area contributed by atoms with Gasteiger partial charge in [-0.15, -0.1) is 0 Å². The van der Waals surface area contributed by atoms with Crippen LogP contribution in [0.25, 0.3) is 0 Å². The van der Waals surface area contributed by atoms with E-state index in [1.165, 1.54) is 0 Å². The molecule has 0 saturated heterocycles. The van der Waals surface area contributed by atoms with E-state index in [1.807, 2.05) is 35.6 Å². The number of hydrogen-bond donors (Lipinski definition) is 3. The van der Waals surface area contributed by atoms with Gasteiger partial charge in [0.1, 0.15) is 18.3 Å². The molecule has 124 valence electrons. The van der Waals surface area contributed by atoms with E-state index in [9.17, 15) is 18.3 Å². The molecule has 1 aromatic heterocycles. The molecular formula is C15H18F3N4O+. The van der Waals surface area contributed by atoms with E-state index in [2.05, 4.69) is 15.3 Å². The summed E-state index contributed by atoms with van der Waals surface area (Å²) in [4.78, 5) is 7.16. The molecule has 0 bridgehead atoms. The average molecular weight is 327 g/mol. The first-order valence-corrected chi connectivity index (χ1v) is 7.15. The predicted octanol–water partition coefficient (Wildman–Crippen LogP) is 1.20. The Morgan fingerprint density at radius 1 is 1.17 bits per heavy atom. The molecule has 0 unspecified atom stereocenters. The van der Waals surface area contributed by atoms with Crippen LogP contribution in [0.15, 0.2) is 42.6 Å². The monoisotopic (exact) mass is 327 g/mol. The first-order chi connectivity index (χ1) is 11.0. The molecule has 0 fully saturated rings. The molecule has 4 N–H and O–H groups in total. The molecule has 8 heteroatoms. The number of alkyl halides is 3. The minimum absolute atomic E-state index is 0.0585. The van der Waals surface area contributed by atoms with Gasteiger partial charge in [0.2, 0.25) is 5.95 Å². The van der Waals surface area contributed by atoms with Crippen molar-refractivity contribution in [1.29, 1.82) is 0 Å². The van der Waals surface area contributed by atoms with Crippen molar-refractivity contribution in [3.8, 4) is 0 Å². The molecule has 1 atom stereocenters. The van der Waals surface area contributed by atoms with Gasteiger partial charge in [-0.05, 0) is 11.6 Å². The van der Waals surface area contributed by atoms with Crippen LogP contribution < -0.4 is 10.6 Å². The second kappa shape index (κ2) is 7.89. The molecule has 0 aliphatic rings. The van der Waals surface area contributed by atoms with E-state index in [-0.39, 0.29) is 5.95 Å². The summed E-state index contributed by atoms with van der Waals surface area (Å²) in [5.41, 5.74) is -0.142. The van der Waals surface area contributed by atoms with Crippen molar-refractivity contribution < 1.29 is 23.6 Å². The van der Waals surface area contributed by atoms with Crippen molar-refractivity contribution in [2.75, 3.05) is 25.0 Å². The SMILES string of the molecule is O[C@H](C[NH2+]CCNc1nccc(C(F)(F)F)n1)c1ccccc1. The summed E-state index contributed by atoms with van der Waals surface area (Å²) >= 11 is 0. The summed E-state index contributed by atoms with van der Waals surface area (Å²) in [5.74, 6) is -0.0585. The number of aromatic nitrogens is 2. The van der Waals surface area contributed by atoms with Crippen molar-refractivity contribution in [3.05, 3.63) is 53.9 Å². The molecular weight excluding hydrogens is 309 g/mol. The fourth-order valence-electron chi connectivity index (χ4n) is 1.97. The van der Waals surface area contributed by atoms with E-state index in [0.717, 1.165) is 17.8 Å². The average Bonchev–Trinajstić information content (AvgIpc) is 2.54. The number of benzene rings is 1. The van der Waals surface area contributed by atoms with E-state index >= 15 is 0 Å². The van der Waals surface area contributed by atoms with Crippen LogP contribution in [0.4, 0.5) is 19.1 Å².